The summed E-state index contributed by atoms with van der Waals surface area (Å²) in [6.07, 6.45) is -6.13. The molecule has 0 aromatic heterocycles. The van der Waals surface area contributed by atoms with Gasteiger partial charge in [0, 0.05) is 5.57 Å². The Morgan fingerprint density at radius 2 is 1.50 bits per heavy atom. The molecule has 0 heterocycles. The summed E-state index contributed by atoms with van der Waals surface area (Å²) < 4.78 is 4.58. The zero-order valence-corrected chi connectivity index (χ0v) is 10.0. The highest BCUT2D eigenvalue weighted by molar-refractivity contribution is 5.87. The summed E-state index contributed by atoms with van der Waals surface area (Å²) in [5.74, 6) is -0.858. The molecule has 0 aromatic rings. The van der Waals surface area contributed by atoms with Crippen LogP contribution >= 0.6 is 0 Å². The summed E-state index contributed by atoms with van der Waals surface area (Å²) in [6.45, 7) is 1.99. The number of aliphatic hydroxyl groups is 6. The molecule has 106 valence electrons. The predicted octanol–water partition coefficient (Wildman–Crippen LogP) is -2.59. The zero-order chi connectivity index (χ0) is 14.5. The number of aliphatic hydroxyl groups excluding tert-OH is 3. The molecule has 18 heavy (non-hydrogen) atoms. The molecule has 0 saturated heterocycles. The number of ether oxygens (including phenoxy) is 1. The molecule has 0 aliphatic rings. The Bertz CT molecular complexity index is 285. The van der Waals surface area contributed by atoms with Gasteiger partial charge in [-0.1, -0.05) is 6.08 Å². The molecule has 0 aliphatic carbocycles. The van der Waals surface area contributed by atoms with Crippen molar-refractivity contribution in [1.82, 2.24) is 0 Å². The molecule has 8 heteroatoms. The van der Waals surface area contributed by atoms with Gasteiger partial charge in [0.05, 0.1) is 0 Å². The van der Waals surface area contributed by atoms with Crippen molar-refractivity contribution in [3.63, 3.8) is 0 Å². The average molecular weight is 266 g/mol. The van der Waals surface area contributed by atoms with Gasteiger partial charge in [-0.05, 0) is 13.8 Å². The molecule has 0 fully saturated rings. The molecule has 0 amide bonds. The molecule has 0 unspecified atom stereocenters. The number of hydrogen-bond donors (Lipinski definition) is 6. The van der Waals surface area contributed by atoms with Crippen LogP contribution in [0.1, 0.15) is 13.8 Å². The van der Waals surface area contributed by atoms with Gasteiger partial charge in [0.1, 0.15) is 6.61 Å². The van der Waals surface area contributed by atoms with Crippen molar-refractivity contribution in [1.29, 1.82) is 0 Å². The molecule has 0 rings (SSSR count). The Labute approximate surface area is 103 Å². The van der Waals surface area contributed by atoms with E-state index in [1.54, 1.807) is 6.92 Å². The van der Waals surface area contributed by atoms with E-state index < -0.39 is 36.9 Å². The van der Waals surface area contributed by atoms with Gasteiger partial charge in [0.25, 0.3) is 0 Å². The third-order valence-corrected chi connectivity index (χ3v) is 2.65. The van der Waals surface area contributed by atoms with E-state index in [2.05, 4.69) is 4.74 Å². The van der Waals surface area contributed by atoms with Crippen LogP contribution < -0.4 is 0 Å². The lowest BCUT2D eigenvalue weighted by Crippen LogP contribution is -2.57. The minimum atomic E-state index is -2.62. The summed E-state index contributed by atoms with van der Waals surface area (Å²) in [6, 6.07) is 0. The van der Waals surface area contributed by atoms with Crippen molar-refractivity contribution in [3.8, 4) is 0 Å². The van der Waals surface area contributed by atoms with Crippen molar-refractivity contribution in [2.45, 2.75) is 32.7 Å². The standard InChI is InChI=1S/C10H18O8/c1-3-5(2)6(11)18-4-10(7(12)13,8(14)15)9(16)17/h3,7-9,12-17H,4H2,1-2H3. The van der Waals surface area contributed by atoms with Crippen LogP contribution in [0, 0.1) is 5.41 Å². The first-order valence-electron chi connectivity index (χ1n) is 5.08. The molecule has 0 spiro atoms. The highest BCUT2D eigenvalue weighted by Gasteiger charge is 2.51. The molecule has 0 bridgehead atoms. The number of rotatable bonds is 6. The third-order valence-electron chi connectivity index (χ3n) is 2.65. The van der Waals surface area contributed by atoms with Crippen LogP contribution in [0.4, 0.5) is 0 Å². The second-order valence-corrected chi connectivity index (χ2v) is 3.78. The van der Waals surface area contributed by atoms with E-state index in [1.165, 1.54) is 13.0 Å². The van der Waals surface area contributed by atoms with E-state index in [0.717, 1.165) is 0 Å². The number of esters is 1. The van der Waals surface area contributed by atoms with Crippen LogP contribution in [0.2, 0.25) is 0 Å². The predicted molar refractivity (Wildman–Crippen MR) is 57.5 cm³/mol. The quantitative estimate of drug-likeness (QED) is 0.174. The topological polar surface area (TPSA) is 148 Å². The molecule has 0 aliphatic heterocycles. The lowest BCUT2D eigenvalue weighted by Gasteiger charge is -2.37. The minimum Gasteiger partial charge on any atom is -0.461 e. The number of carbonyl (C=O) groups is 1. The fourth-order valence-corrected chi connectivity index (χ4v) is 1.05. The normalized spacial score (nSPS) is 13.6. The first-order chi connectivity index (χ1) is 8.20. The summed E-state index contributed by atoms with van der Waals surface area (Å²) in [5, 5.41) is 54.1. The Balaban J connectivity index is 4.98. The lowest BCUT2D eigenvalue weighted by atomic mass is 9.86. The maximum absolute atomic E-state index is 11.3. The third kappa shape index (κ3) is 3.48. The Morgan fingerprint density at radius 3 is 1.78 bits per heavy atom. The van der Waals surface area contributed by atoms with Gasteiger partial charge < -0.3 is 35.4 Å². The van der Waals surface area contributed by atoms with E-state index in [-0.39, 0.29) is 5.57 Å². The highest BCUT2D eigenvalue weighted by atomic mass is 16.6. The maximum atomic E-state index is 11.3. The highest BCUT2D eigenvalue weighted by Crippen LogP contribution is 2.29. The zero-order valence-electron chi connectivity index (χ0n) is 10.0. The molecule has 0 radical (unpaired) electrons. The van der Waals surface area contributed by atoms with Crippen molar-refractivity contribution in [3.05, 3.63) is 11.6 Å². The van der Waals surface area contributed by atoms with Crippen LogP contribution in [0.5, 0.6) is 0 Å². The van der Waals surface area contributed by atoms with Gasteiger partial charge in [-0.3, -0.25) is 0 Å². The average Bonchev–Trinajstić information content (AvgIpc) is 2.26. The summed E-state index contributed by atoms with van der Waals surface area (Å²) in [7, 11) is 0. The fourth-order valence-electron chi connectivity index (χ4n) is 1.05. The van der Waals surface area contributed by atoms with Crippen LogP contribution in [-0.2, 0) is 9.53 Å². The lowest BCUT2D eigenvalue weighted by molar-refractivity contribution is -0.319. The Hall–Kier alpha value is -1.03. The van der Waals surface area contributed by atoms with Crippen molar-refractivity contribution < 1.29 is 40.2 Å². The van der Waals surface area contributed by atoms with E-state index in [0.29, 0.717) is 0 Å². The molecular weight excluding hydrogens is 248 g/mol. The van der Waals surface area contributed by atoms with Crippen LogP contribution in [0.3, 0.4) is 0 Å². The summed E-state index contributed by atoms with van der Waals surface area (Å²) in [4.78, 5) is 11.3. The molecule has 0 saturated carbocycles. The summed E-state index contributed by atoms with van der Waals surface area (Å²) in [5.41, 5.74) is -2.43. The first kappa shape index (κ1) is 17.0. The van der Waals surface area contributed by atoms with Gasteiger partial charge in [-0.15, -0.1) is 0 Å². The van der Waals surface area contributed by atoms with Gasteiger partial charge >= 0.3 is 5.97 Å². The van der Waals surface area contributed by atoms with Crippen molar-refractivity contribution >= 4 is 5.97 Å². The molecule has 8 nitrogen and oxygen atoms in total. The monoisotopic (exact) mass is 266 g/mol. The SMILES string of the molecule is CC=C(C)C(=O)OCC(C(O)O)(C(O)O)C(O)O. The second-order valence-electron chi connectivity index (χ2n) is 3.78. The number of allylic oxidation sites excluding steroid dienone is 1. The molecule has 6 N–H and O–H groups in total. The van der Waals surface area contributed by atoms with E-state index in [4.69, 9.17) is 30.6 Å². The Morgan fingerprint density at radius 1 is 1.11 bits per heavy atom. The van der Waals surface area contributed by atoms with Crippen molar-refractivity contribution in [2.75, 3.05) is 6.61 Å². The van der Waals surface area contributed by atoms with Gasteiger partial charge in [-0.25, -0.2) is 4.79 Å². The Kier molecular flexibility index (Phi) is 6.39. The fraction of sp³-hybridized carbons (Fsp3) is 0.700. The van der Waals surface area contributed by atoms with E-state index >= 15 is 0 Å². The molecule has 0 atom stereocenters. The first-order valence-corrected chi connectivity index (χ1v) is 5.08. The second kappa shape index (κ2) is 6.78. The van der Waals surface area contributed by atoms with E-state index in [9.17, 15) is 4.79 Å². The van der Waals surface area contributed by atoms with Crippen LogP contribution in [0.25, 0.3) is 0 Å². The van der Waals surface area contributed by atoms with Crippen molar-refractivity contribution in [2.24, 2.45) is 5.41 Å². The number of carbonyl (C=O) groups excluding carboxylic acids is 1. The van der Waals surface area contributed by atoms with Gasteiger partial charge in [-0.2, -0.15) is 0 Å². The maximum Gasteiger partial charge on any atom is 0.333 e. The van der Waals surface area contributed by atoms with Gasteiger partial charge in [0.2, 0.25) is 0 Å². The van der Waals surface area contributed by atoms with E-state index in [1.807, 2.05) is 0 Å². The minimum absolute atomic E-state index is 0.191. The molecular formula is C10H18O8. The van der Waals surface area contributed by atoms with Crippen LogP contribution in [-0.4, -0.2) is 62.1 Å². The van der Waals surface area contributed by atoms with Gasteiger partial charge in [0.15, 0.2) is 24.3 Å². The molecule has 0 aromatic carbocycles. The smallest absolute Gasteiger partial charge is 0.333 e. The largest absolute Gasteiger partial charge is 0.461 e. The summed E-state index contributed by atoms with van der Waals surface area (Å²) >= 11 is 0. The number of hydrogen-bond acceptors (Lipinski definition) is 8. The van der Waals surface area contributed by atoms with Crippen LogP contribution in [0.15, 0.2) is 11.6 Å².